The zero-order valence-corrected chi connectivity index (χ0v) is 17.8. The van der Waals surface area contributed by atoms with Crippen molar-refractivity contribution in [2.75, 3.05) is 5.75 Å². The normalized spacial score (nSPS) is 10.7. The molecular weight excluding hydrogens is 422 g/mol. The summed E-state index contributed by atoms with van der Waals surface area (Å²) in [6.45, 7) is 6.16. The van der Waals surface area contributed by atoms with Crippen molar-refractivity contribution in [2.24, 2.45) is 0 Å². The predicted molar refractivity (Wildman–Crippen MR) is 115 cm³/mol. The summed E-state index contributed by atoms with van der Waals surface area (Å²) in [6.07, 6.45) is 1.68. The maximum atomic E-state index is 13.7. The third kappa shape index (κ3) is 6.14. The lowest BCUT2D eigenvalue weighted by molar-refractivity contribution is -0.118. The molecule has 0 aliphatic carbocycles. The van der Waals surface area contributed by atoms with Crippen LogP contribution in [0.15, 0.2) is 60.3 Å². The molecule has 3 aromatic rings. The smallest absolute Gasteiger partial charge is 0.230 e. The van der Waals surface area contributed by atoms with Crippen LogP contribution in [0.5, 0.6) is 5.75 Å². The standard InChI is InChI=1S/C22H22F2N4O2S/c1-3-10-28-20(13-30-19-7-5-4-6-18(19)24)26-27-22(28)31-14-21(29)25-12-16-8-9-17(23)15(2)11-16/h3-9,11H,1,10,12-14H2,2H3,(H,25,29). The minimum absolute atomic E-state index is 0.0262. The fraction of sp³-hybridized carbons (Fsp3) is 0.227. The molecule has 6 nitrogen and oxygen atoms in total. The lowest BCUT2D eigenvalue weighted by Gasteiger charge is -2.10. The maximum Gasteiger partial charge on any atom is 0.230 e. The van der Waals surface area contributed by atoms with Gasteiger partial charge in [-0.1, -0.05) is 42.1 Å². The second-order valence-corrected chi connectivity index (χ2v) is 7.61. The Morgan fingerprint density at radius 3 is 2.77 bits per heavy atom. The van der Waals surface area contributed by atoms with Gasteiger partial charge in [0.25, 0.3) is 0 Å². The first-order chi connectivity index (χ1) is 15.0. The van der Waals surface area contributed by atoms with Gasteiger partial charge in [0.2, 0.25) is 5.91 Å². The quantitative estimate of drug-likeness (QED) is 0.378. The van der Waals surface area contributed by atoms with E-state index >= 15 is 0 Å². The van der Waals surface area contributed by atoms with Gasteiger partial charge in [-0.05, 0) is 36.2 Å². The molecule has 1 heterocycles. The Bertz CT molecular complexity index is 1070. The number of aromatic nitrogens is 3. The molecule has 0 fully saturated rings. The number of ether oxygens (including phenoxy) is 1. The topological polar surface area (TPSA) is 69.0 Å². The first kappa shape index (κ1) is 22.5. The van der Waals surface area contributed by atoms with Gasteiger partial charge in [0.1, 0.15) is 12.4 Å². The fourth-order valence-electron chi connectivity index (χ4n) is 2.75. The van der Waals surface area contributed by atoms with E-state index in [0.29, 0.717) is 29.6 Å². The van der Waals surface area contributed by atoms with Crippen molar-refractivity contribution in [2.45, 2.75) is 31.8 Å². The Balaban J connectivity index is 1.56. The number of amides is 1. The molecule has 0 atom stereocenters. The molecule has 9 heteroatoms. The molecule has 0 bridgehead atoms. The summed E-state index contributed by atoms with van der Waals surface area (Å²) in [5.41, 5.74) is 1.35. The average molecular weight is 445 g/mol. The summed E-state index contributed by atoms with van der Waals surface area (Å²) >= 11 is 1.22. The van der Waals surface area contributed by atoms with Gasteiger partial charge < -0.3 is 10.1 Å². The molecule has 162 valence electrons. The van der Waals surface area contributed by atoms with Crippen LogP contribution in [0.4, 0.5) is 8.78 Å². The number of aryl methyl sites for hydroxylation is 1. The fourth-order valence-corrected chi connectivity index (χ4v) is 3.54. The Kier molecular flexibility index (Phi) is 7.77. The zero-order valence-electron chi connectivity index (χ0n) is 17.0. The molecule has 0 saturated carbocycles. The van der Waals surface area contributed by atoms with Crippen LogP contribution in [0.1, 0.15) is 17.0 Å². The van der Waals surface area contributed by atoms with E-state index in [1.165, 1.54) is 30.0 Å². The van der Waals surface area contributed by atoms with Crippen LogP contribution in [0, 0.1) is 18.6 Å². The van der Waals surface area contributed by atoms with E-state index in [0.717, 1.165) is 5.56 Å². The first-order valence-corrected chi connectivity index (χ1v) is 10.5. The molecule has 2 aromatic carbocycles. The van der Waals surface area contributed by atoms with Crippen LogP contribution in [0.3, 0.4) is 0 Å². The summed E-state index contributed by atoms with van der Waals surface area (Å²) in [4.78, 5) is 12.2. The molecular formula is C22H22F2N4O2S. The number of nitrogens with zero attached hydrogens (tertiary/aromatic N) is 3. The Labute approximate surface area is 183 Å². The summed E-state index contributed by atoms with van der Waals surface area (Å²) in [5.74, 6) is -0.178. The second kappa shape index (κ2) is 10.7. The molecule has 1 N–H and O–H groups in total. The molecule has 0 spiro atoms. The minimum atomic E-state index is -0.458. The van der Waals surface area contributed by atoms with Gasteiger partial charge in [0.15, 0.2) is 22.5 Å². The number of hydrogen-bond acceptors (Lipinski definition) is 5. The van der Waals surface area contributed by atoms with Crippen LogP contribution < -0.4 is 10.1 Å². The highest BCUT2D eigenvalue weighted by molar-refractivity contribution is 7.99. The van der Waals surface area contributed by atoms with E-state index in [1.54, 1.807) is 41.8 Å². The van der Waals surface area contributed by atoms with Crippen molar-refractivity contribution in [3.63, 3.8) is 0 Å². The Hall–Kier alpha value is -3.20. The molecule has 3 rings (SSSR count). The van der Waals surface area contributed by atoms with Crippen molar-refractivity contribution < 1.29 is 18.3 Å². The van der Waals surface area contributed by atoms with Crippen LogP contribution in [0.25, 0.3) is 0 Å². The summed E-state index contributed by atoms with van der Waals surface area (Å²) < 4.78 is 34.3. The number of halogens is 2. The van der Waals surface area contributed by atoms with Crippen molar-refractivity contribution >= 4 is 17.7 Å². The van der Waals surface area contributed by atoms with E-state index in [1.807, 2.05) is 0 Å². The summed E-state index contributed by atoms with van der Waals surface area (Å²) in [5, 5.41) is 11.5. The van der Waals surface area contributed by atoms with Crippen molar-refractivity contribution in [1.29, 1.82) is 0 Å². The Morgan fingerprint density at radius 2 is 2.03 bits per heavy atom. The highest BCUT2D eigenvalue weighted by Gasteiger charge is 2.15. The molecule has 0 radical (unpaired) electrons. The molecule has 1 amide bonds. The molecule has 1 aromatic heterocycles. The average Bonchev–Trinajstić information content (AvgIpc) is 3.14. The number of rotatable bonds is 10. The predicted octanol–water partition coefficient (Wildman–Crippen LogP) is 4.04. The van der Waals surface area contributed by atoms with E-state index in [-0.39, 0.29) is 29.8 Å². The number of carbonyl (C=O) groups is 1. The third-order valence-electron chi connectivity index (χ3n) is 4.34. The van der Waals surface area contributed by atoms with Gasteiger partial charge in [-0.3, -0.25) is 9.36 Å². The second-order valence-electron chi connectivity index (χ2n) is 6.67. The molecule has 0 unspecified atom stereocenters. The highest BCUT2D eigenvalue weighted by Crippen LogP contribution is 2.20. The number of allylic oxidation sites excluding steroid dienone is 1. The van der Waals surface area contributed by atoms with Gasteiger partial charge in [0, 0.05) is 13.1 Å². The molecule has 0 aliphatic rings. The van der Waals surface area contributed by atoms with Gasteiger partial charge in [-0.2, -0.15) is 0 Å². The summed E-state index contributed by atoms with van der Waals surface area (Å²) in [6, 6.07) is 10.8. The molecule has 31 heavy (non-hydrogen) atoms. The van der Waals surface area contributed by atoms with E-state index < -0.39 is 5.82 Å². The lowest BCUT2D eigenvalue weighted by atomic mass is 10.1. The SMILES string of the molecule is C=CCn1c(COc2ccccc2F)nnc1SCC(=O)NCc1ccc(F)c(C)c1. The van der Waals surface area contributed by atoms with E-state index in [4.69, 9.17) is 4.74 Å². The third-order valence-corrected chi connectivity index (χ3v) is 5.31. The minimum Gasteiger partial charge on any atom is -0.483 e. The van der Waals surface area contributed by atoms with Gasteiger partial charge in [0.05, 0.1) is 5.75 Å². The first-order valence-electron chi connectivity index (χ1n) is 9.52. The summed E-state index contributed by atoms with van der Waals surface area (Å²) in [7, 11) is 0. The van der Waals surface area contributed by atoms with Gasteiger partial charge in [-0.15, -0.1) is 16.8 Å². The lowest BCUT2D eigenvalue weighted by Crippen LogP contribution is -2.24. The number of thioether (sulfide) groups is 1. The number of hydrogen-bond donors (Lipinski definition) is 1. The number of carbonyl (C=O) groups excluding carboxylic acids is 1. The van der Waals surface area contributed by atoms with Crippen LogP contribution in [0.2, 0.25) is 0 Å². The zero-order chi connectivity index (χ0) is 22.2. The Morgan fingerprint density at radius 1 is 1.23 bits per heavy atom. The van der Waals surface area contributed by atoms with Crippen molar-refractivity contribution in [3.05, 3.63) is 83.7 Å². The highest BCUT2D eigenvalue weighted by atomic mass is 32.2. The van der Waals surface area contributed by atoms with Gasteiger partial charge in [-0.25, -0.2) is 8.78 Å². The monoisotopic (exact) mass is 444 g/mol. The van der Waals surface area contributed by atoms with Crippen molar-refractivity contribution in [1.82, 2.24) is 20.1 Å². The number of nitrogens with one attached hydrogen (secondary N) is 1. The number of benzene rings is 2. The van der Waals surface area contributed by atoms with Gasteiger partial charge >= 0.3 is 0 Å². The number of para-hydroxylation sites is 1. The van der Waals surface area contributed by atoms with Crippen LogP contribution >= 0.6 is 11.8 Å². The van der Waals surface area contributed by atoms with E-state index in [9.17, 15) is 13.6 Å². The molecule has 0 saturated heterocycles. The van der Waals surface area contributed by atoms with Crippen molar-refractivity contribution in [3.8, 4) is 5.75 Å². The van der Waals surface area contributed by atoms with Crippen LogP contribution in [-0.2, 0) is 24.5 Å². The molecule has 0 aliphatic heterocycles. The van der Waals surface area contributed by atoms with E-state index in [2.05, 4.69) is 22.1 Å². The van der Waals surface area contributed by atoms with Crippen LogP contribution in [-0.4, -0.2) is 26.4 Å². The largest absolute Gasteiger partial charge is 0.483 e. The maximum absolute atomic E-state index is 13.7.